The lowest BCUT2D eigenvalue weighted by Gasteiger charge is -2.58. The van der Waals surface area contributed by atoms with E-state index in [-0.39, 0.29) is 24.0 Å². The molecule has 1 N–H and O–H groups in total. The van der Waals surface area contributed by atoms with Crippen LogP contribution in [0.2, 0.25) is 0 Å². The number of hydrogen-bond acceptors (Lipinski definition) is 3. The highest BCUT2D eigenvalue weighted by Gasteiger charge is 2.54. The molecule has 0 radical (unpaired) electrons. The molecular weight excluding hydrogens is 366 g/mol. The molecule has 4 aliphatic rings. The SMILES string of the molecule is O=C(O)CCC12CC(CCN1C(=O)OCC1c3ccccc3-c3ccccc31)C2. The Labute approximate surface area is 170 Å². The first kappa shape index (κ1) is 18.2. The highest BCUT2D eigenvalue weighted by atomic mass is 16.6. The number of carboxylic acid groups (broad SMARTS) is 1. The van der Waals surface area contributed by atoms with Crippen molar-refractivity contribution >= 4 is 12.1 Å². The van der Waals surface area contributed by atoms with Crippen molar-refractivity contribution in [2.45, 2.75) is 43.6 Å². The van der Waals surface area contributed by atoms with Gasteiger partial charge in [-0.25, -0.2) is 4.79 Å². The maximum atomic E-state index is 13.0. The number of ether oxygens (including phenoxy) is 1. The molecule has 1 amide bonds. The molecule has 2 saturated heterocycles. The van der Waals surface area contributed by atoms with Crippen LogP contribution in [0.1, 0.15) is 49.1 Å². The van der Waals surface area contributed by atoms with Crippen molar-refractivity contribution in [3.63, 3.8) is 0 Å². The molecule has 5 heteroatoms. The average molecular weight is 391 g/mol. The third-order valence-electron chi connectivity index (χ3n) is 7.03. The molecule has 2 aromatic rings. The van der Waals surface area contributed by atoms with Gasteiger partial charge < -0.3 is 14.7 Å². The number of aliphatic carboxylic acids is 1. The molecule has 2 aliphatic heterocycles. The van der Waals surface area contributed by atoms with E-state index < -0.39 is 5.97 Å². The minimum absolute atomic E-state index is 0.0419. The zero-order valence-electron chi connectivity index (χ0n) is 16.3. The Balaban J connectivity index is 1.32. The van der Waals surface area contributed by atoms with Crippen LogP contribution >= 0.6 is 0 Å². The van der Waals surface area contributed by atoms with Gasteiger partial charge in [-0.1, -0.05) is 48.5 Å². The van der Waals surface area contributed by atoms with Gasteiger partial charge in [-0.15, -0.1) is 0 Å². The number of piperidine rings is 2. The maximum Gasteiger partial charge on any atom is 0.410 e. The van der Waals surface area contributed by atoms with E-state index in [0.717, 1.165) is 19.3 Å². The van der Waals surface area contributed by atoms with Gasteiger partial charge in [0, 0.05) is 24.4 Å². The molecule has 2 heterocycles. The van der Waals surface area contributed by atoms with Gasteiger partial charge in [0.15, 0.2) is 0 Å². The molecule has 150 valence electrons. The molecule has 1 saturated carbocycles. The smallest absolute Gasteiger partial charge is 0.410 e. The van der Waals surface area contributed by atoms with Crippen LogP contribution in [0.5, 0.6) is 0 Å². The van der Waals surface area contributed by atoms with Gasteiger partial charge in [0.05, 0.1) is 0 Å². The molecule has 6 rings (SSSR count). The standard InChI is InChI=1S/C24H25NO4/c26-22(27)9-11-24-13-16(14-24)10-12-25(24)23(28)29-15-21-19-7-3-1-5-17(19)18-6-2-4-8-20(18)21/h1-8,16,21H,9-15H2,(H,26,27). The zero-order valence-corrected chi connectivity index (χ0v) is 16.3. The van der Waals surface area contributed by atoms with Gasteiger partial charge in [-0.2, -0.15) is 0 Å². The van der Waals surface area contributed by atoms with Crippen LogP contribution in [0.4, 0.5) is 4.79 Å². The van der Waals surface area contributed by atoms with E-state index in [1.54, 1.807) is 0 Å². The number of rotatable bonds is 5. The number of amides is 1. The number of carbonyl (C=O) groups excluding carboxylic acids is 1. The van der Waals surface area contributed by atoms with E-state index in [1.165, 1.54) is 22.3 Å². The minimum atomic E-state index is -0.805. The third kappa shape index (κ3) is 3.00. The average Bonchev–Trinajstić information content (AvgIpc) is 3.04. The van der Waals surface area contributed by atoms with Gasteiger partial charge in [-0.3, -0.25) is 4.79 Å². The number of carboxylic acids is 1. The Bertz CT molecular complexity index is 917. The second-order valence-electron chi connectivity index (χ2n) is 8.64. The second kappa shape index (κ2) is 6.90. The van der Waals surface area contributed by atoms with E-state index in [1.807, 2.05) is 29.2 Å². The van der Waals surface area contributed by atoms with E-state index in [0.29, 0.717) is 25.5 Å². The Morgan fingerprint density at radius 3 is 2.28 bits per heavy atom. The van der Waals surface area contributed by atoms with Gasteiger partial charge in [-0.05, 0) is 53.9 Å². The van der Waals surface area contributed by atoms with Crippen LogP contribution in [-0.4, -0.2) is 40.8 Å². The molecule has 2 aliphatic carbocycles. The third-order valence-corrected chi connectivity index (χ3v) is 7.03. The maximum absolute atomic E-state index is 13.0. The highest BCUT2D eigenvalue weighted by Crippen LogP contribution is 2.51. The molecule has 0 unspecified atom stereocenters. The first-order valence-corrected chi connectivity index (χ1v) is 10.4. The summed E-state index contributed by atoms with van der Waals surface area (Å²) in [7, 11) is 0. The summed E-state index contributed by atoms with van der Waals surface area (Å²) in [5.41, 5.74) is 4.50. The molecule has 0 aromatic heterocycles. The molecule has 3 fully saturated rings. The largest absolute Gasteiger partial charge is 0.481 e. The fraction of sp³-hybridized carbons (Fsp3) is 0.417. The van der Waals surface area contributed by atoms with Gasteiger partial charge in [0.2, 0.25) is 0 Å². The van der Waals surface area contributed by atoms with Crippen molar-refractivity contribution in [2.24, 2.45) is 5.92 Å². The fourth-order valence-corrected chi connectivity index (χ4v) is 5.62. The summed E-state index contributed by atoms with van der Waals surface area (Å²) in [6.45, 7) is 0.975. The van der Waals surface area contributed by atoms with Crippen molar-refractivity contribution in [3.8, 4) is 11.1 Å². The predicted octanol–water partition coefficient (Wildman–Crippen LogP) is 4.65. The highest BCUT2D eigenvalue weighted by molar-refractivity contribution is 5.79. The lowest BCUT2D eigenvalue weighted by Crippen LogP contribution is -2.64. The van der Waals surface area contributed by atoms with Crippen molar-refractivity contribution in [3.05, 3.63) is 59.7 Å². The Kier molecular flexibility index (Phi) is 4.34. The van der Waals surface area contributed by atoms with E-state index in [4.69, 9.17) is 9.84 Å². The van der Waals surface area contributed by atoms with Crippen LogP contribution in [-0.2, 0) is 9.53 Å². The number of benzene rings is 2. The van der Waals surface area contributed by atoms with Gasteiger partial charge in [0.1, 0.15) is 6.61 Å². The quantitative estimate of drug-likeness (QED) is 0.805. The summed E-state index contributed by atoms with van der Waals surface area (Å²) < 4.78 is 5.85. The fourth-order valence-electron chi connectivity index (χ4n) is 5.62. The van der Waals surface area contributed by atoms with E-state index in [2.05, 4.69) is 24.3 Å². The second-order valence-corrected chi connectivity index (χ2v) is 8.64. The summed E-state index contributed by atoms with van der Waals surface area (Å²) in [5, 5.41) is 9.10. The summed E-state index contributed by atoms with van der Waals surface area (Å²) >= 11 is 0. The summed E-state index contributed by atoms with van der Waals surface area (Å²) in [5.74, 6) is -0.137. The number of hydrogen-bond donors (Lipinski definition) is 1. The van der Waals surface area contributed by atoms with Crippen LogP contribution < -0.4 is 0 Å². The van der Waals surface area contributed by atoms with Crippen molar-refractivity contribution in [1.29, 1.82) is 0 Å². The van der Waals surface area contributed by atoms with Crippen LogP contribution in [0.15, 0.2) is 48.5 Å². The van der Waals surface area contributed by atoms with Gasteiger partial charge >= 0.3 is 12.1 Å². The Hall–Kier alpha value is -2.82. The van der Waals surface area contributed by atoms with Crippen LogP contribution in [0.3, 0.4) is 0 Å². The zero-order chi connectivity index (χ0) is 20.0. The molecule has 5 nitrogen and oxygen atoms in total. The number of nitrogens with zero attached hydrogens (tertiary/aromatic N) is 1. The van der Waals surface area contributed by atoms with Crippen molar-refractivity contribution in [1.82, 2.24) is 4.90 Å². The normalized spacial score (nSPS) is 24.4. The molecular formula is C24H25NO4. The monoisotopic (exact) mass is 391 g/mol. The Morgan fingerprint density at radius 1 is 1.03 bits per heavy atom. The van der Waals surface area contributed by atoms with Crippen molar-refractivity contribution in [2.75, 3.05) is 13.2 Å². The first-order valence-electron chi connectivity index (χ1n) is 10.4. The first-order chi connectivity index (χ1) is 14.1. The van der Waals surface area contributed by atoms with Crippen LogP contribution in [0, 0.1) is 5.92 Å². The Morgan fingerprint density at radius 2 is 1.66 bits per heavy atom. The molecule has 2 aromatic carbocycles. The number of fused-ring (bicyclic) bond motifs is 5. The van der Waals surface area contributed by atoms with E-state index in [9.17, 15) is 9.59 Å². The topological polar surface area (TPSA) is 66.8 Å². The summed E-state index contributed by atoms with van der Waals surface area (Å²) in [6, 6.07) is 16.6. The lowest BCUT2D eigenvalue weighted by atomic mass is 9.61. The lowest BCUT2D eigenvalue weighted by molar-refractivity contribution is -0.139. The number of carbonyl (C=O) groups is 2. The minimum Gasteiger partial charge on any atom is -0.481 e. The summed E-state index contributed by atoms with van der Waals surface area (Å²) in [6.07, 6.45) is 3.12. The van der Waals surface area contributed by atoms with Gasteiger partial charge in [0.25, 0.3) is 0 Å². The predicted molar refractivity (Wildman–Crippen MR) is 109 cm³/mol. The van der Waals surface area contributed by atoms with Crippen LogP contribution in [0.25, 0.3) is 11.1 Å². The molecule has 2 bridgehead atoms. The summed E-state index contributed by atoms with van der Waals surface area (Å²) in [4.78, 5) is 25.9. The molecule has 0 atom stereocenters. The van der Waals surface area contributed by atoms with E-state index >= 15 is 0 Å². The molecule has 0 spiro atoms. The van der Waals surface area contributed by atoms with Crippen molar-refractivity contribution < 1.29 is 19.4 Å². The molecule has 29 heavy (non-hydrogen) atoms.